The summed E-state index contributed by atoms with van der Waals surface area (Å²) in [6.07, 6.45) is 7.69. The van der Waals surface area contributed by atoms with Crippen LogP contribution >= 0.6 is 11.3 Å². The number of benzene rings is 1. The van der Waals surface area contributed by atoms with Crippen molar-refractivity contribution < 1.29 is 0 Å². The molecule has 0 aliphatic heterocycles. The number of fused-ring (bicyclic) bond motifs is 1. The molecule has 15 heavy (non-hydrogen) atoms. The Labute approximate surface area is 94.2 Å². The maximum atomic E-state index is 2.42. The molecule has 0 amide bonds. The number of thiophene rings is 1. The van der Waals surface area contributed by atoms with Gasteiger partial charge in [-0.15, -0.1) is 11.3 Å². The maximum absolute atomic E-state index is 2.42. The van der Waals surface area contributed by atoms with Gasteiger partial charge in [0.15, 0.2) is 0 Å². The average Bonchev–Trinajstić information content (AvgIpc) is 2.74. The number of allylic oxidation sites excluding steroid dienone is 2. The van der Waals surface area contributed by atoms with Gasteiger partial charge in [-0.1, -0.05) is 24.3 Å². The van der Waals surface area contributed by atoms with Crippen LogP contribution in [-0.2, 0) is 0 Å². The van der Waals surface area contributed by atoms with Crippen molar-refractivity contribution in [2.75, 3.05) is 0 Å². The summed E-state index contributed by atoms with van der Waals surface area (Å²) in [5.41, 5.74) is 1.57. The van der Waals surface area contributed by atoms with Crippen LogP contribution in [0.5, 0.6) is 0 Å². The van der Waals surface area contributed by atoms with Gasteiger partial charge >= 0.3 is 0 Å². The Morgan fingerprint density at radius 2 is 2.00 bits per heavy atom. The van der Waals surface area contributed by atoms with E-state index in [1.807, 2.05) is 11.3 Å². The summed E-state index contributed by atoms with van der Waals surface area (Å²) in [6, 6.07) is 11.0. The predicted octanol–water partition coefficient (Wildman–Crippen LogP) is 4.86. The van der Waals surface area contributed by atoms with Crippen molar-refractivity contribution in [3.8, 4) is 0 Å². The van der Waals surface area contributed by atoms with Gasteiger partial charge in [-0.25, -0.2) is 0 Å². The molecule has 0 saturated carbocycles. The minimum absolute atomic E-state index is 1.27. The Balaban J connectivity index is 2.07. The third kappa shape index (κ3) is 1.72. The summed E-state index contributed by atoms with van der Waals surface area (Å²) in [5.74, 6) is 0. The van der Waals surface area contributed by atoms with E-state index < -0.39 is 0 Å². The first kappa shape index (κ1) is 9.17. The van der Waals surface area contributed by atoms with Gasteiger partial charge in [0, 0.05) is 9.58 Å². The van der Waals surface area contributed by atoms with Crippen molar-refractivity contribution >= 4 is 27.0 Å². The van der Waals surface area contributed by atoms with Gasteiger partial charge in [0.05, 0.1) is 0 Å². The zero-order chi connectivity index (χ0) is 10.1. The molecule has 0 N–H and O–H groups in total. The molecule has 1 aliphatic carbocycles. The van der Waals surface area contributed by atoms with Crippen LogP contribution in [0.1, 0.15) is 30.6 Å². The molecule has 1 heteroatoms. The lowest BCUT2D eigenvalue weighted by Crippen LogP contribution is -1.88. The predicted molar refractivity (Wildman–Crippen MR) is 68.3 cm³/mol. The first-order valence-corrected chi connectivity index (χ1v) is 6.43. The van der Waals surface area contributed by atoms with Gasteiger partial charge in [-0.05, 0) is 48.8 Å². The summed E-state index contributed by atoms with van der Waals surface area (Å²) in [7, 11) is 0. The van der Waals surface area contributed by atoms with Gasteiger partial charge < -0.3 is 0 Å². The zero-order valence-corrected chi connectivity index (χ0v) is 9.52. The fraction of sp³-hybridized carbons (Fsp3) is 0.286. The molecule has 3 rings (SSSR count). The van der Waals surface area contributed by atoms with E-state index in [1.165, 1.54) is 40.6 Å². The second-order valence-electron chi connectivity index (χ2n) is 4.12. The van der Waals surface area contributed by atoms with Crippen LogP contribution < -0.4 is 0 Å². The molecule has 1 aromatic carbocycles. The van der Waals surface area contributed by atoms with Crippen molar-refractivity contribution in [1.82, 2.24) is 0 Å². The van der Waals surface area contributed by atoms with Crippen molar-refractivity contribution in [2.45, 2.75) is 25.7 Å². The van der Waals surface area contributed by atoms with Crippen LogP contribution in [0, 0.1) is 0 Å². The topological polar surface area (TPSA) is 0 Å². The Hall–Kier alpha value is -1.08. The second-order valence-corrected chi connectivity index (χ2v) is 5.21. The smallest absolute Gasteiger partial charge is 0.0349 e. The largest absolute Gasteiger partial charge is 0.136 e. The zero-order valence-electron chi connectivity index (χ0n) is 8.70. The monoisotopic (exact) mass is 214 g/mol. The maximum Gasteiger partial charge on any atom is 0.0349 e. The third-order valence-electron chi connectivity index (χ3n) is 3.03. The fourth-order valence-corrected chi connectivity index (χ4v) is 3.33. The van der Waals surface area contributed by atoms with Gasteiger partial charge in [0.2, 0.25) is 0 Å². The molecule has 1 heterocycles. The van der Waals surface area contributed by atoms with Crippen LogP contribution in [0.25, 0.3) is 15.7 Å². The minimum Gasteiger partial charge on any atom is -0.136 e. The molecule has 1 aliphatic rings. The summed E-state index contributed by atoms with van der Waals surface area (Å²) >= 11 is 1.94. The first-order valence-electron chi connectivity index (χ1n) is 5.61. The fourth-order valence-electron chi connectivity index (χ4n) is 2.20. The van der Waals surface area contributed by atoms with E-state index >= 15 is 0 Å². The SMILES string of the molecule is C1=C(c2cc3ccccc3s2)CCCC1. The molecule has 0 fully saturated rings. The average molecular weight is 214 g/mol. The van der Waals surface area contributed by atoms with Crippen molar-refractivity contribution in [1.29, 1.82) is 0 Å². The molecule has 0 nitrogen and oxygen atoms in total. The highest BCUT2D eigenvalue weighted by atomic mass is 32.1. The molecule has 0 radical (unpaired) electrons. The number of hydrogen-bond donors (Lipinski definition) is 0. The van der Waals surface area contributed by atoms with E-state index in [1.54, 1.807) is 5.57 Å². The van der Waals surface area contributed by atoms with Crippen LogP contribution in [0.3, 0.4) is 0 Å². The first-order chi connectivity index (χ1) is 7.43. The molecule has 0 unspecified atom stereocenters. The molecule has 1 aromatic heterocycles. The summed E-state index contributed by atoms with van der Waals surface area (Å²) in [6.45, 7) is 0. The highest BCUT2D eigenvalue weighted by Crippen LogP contribution is 2.34. The normalized spacial score (nSPS) is 16.7. The lowest BCUT2D eigenvalue weighted by Gasteiger charge is -2.09. The van der Waals surface area contributed by atoms with Gasteiger partial charge in [0.1, 0.15) is 0 Å². The molecule has 0 saturated heterocycles. The molecule has 0 atom stereocenters. The van der Waals surface area contributed by atoms with Crippen LogP contribution in [0.4, 0.5) is 0 Å². The Morgan fingerprint density at radius 3 is 2.80 bits per heavy atom. The van der Waals surface area contributed by atoms with E-state index in [0.29, 0.717) is 0 Å². The standard InChI is InChI=1S/C14H14S/c1-2-6-11(7-3-1)14-10-12-8-4-5-9-13(12)15-14/h4-6,8-10H,1-3,7H2. The van der Waals surface area contributed by atoms with Gasteiger partial charge in [-0.3, -0.25) is 0 Å². The molecular formula is C14H14S. The van der Waals surface area contributed by atoms with Crippen LogP contribution in [0.2, 0.25) is 0 Å². The van der Waals surface area contributed by atoms with Crippen molar-refractivity contribution in [3.63, 3.8) is 0 Å². The van der Waals surface area contributed by atoms with E-state index in [0.717, 1.165) is 0 Å². The Morgan fingerprint density at radius 1 is 1.07 bits per heavy atom. The number of rotatable bonds is 1. The highest BCUT2D eigenvalue weighted by molar-refractivity contribution is 7.20. The van der Waals surface area contributed by atoms with Crippen LogP contribution in [0.15, 0.2) is 36.4 Å². The summed E-state index contributed by atoms with van der Waals surface area (Å²) < 4.78 is 1.42. The molecule has 0 bridgehead atoms. The van der Waals surface area contributed by atoms with Gasteiger partial charge in [0.25, 0.3) is 0 Å². The Bertz CT molecular complexity index is 472. The second kappa shape index (κ2) is 3.82. The lowest BCUT2D eigenvalue weighted by molar-refractivity contribution is 0.743. The quantitative estimate of drug-likeness (QED) is 0.636. The van der Waals surface area contributed by atoms with Gasteiger partial charge in [-0.2, -0.15) is 0 Å². The van der Waals surface area contributed by atoms with E-state index in [9.17, 15) is 0 Å². The molecular weight excluding hydrogens is 200 g/mol. The highest BCUT2D eigenvalue weighted by Gasteiger charge is 2.08. The molecule has 76 valence electrons. The number of hydrogen-bond acceptors (Lipinski definition) is 1. The third-order valence-corrected chi connectivity index (χ3v) is 4.22. The van der Waals surface area contributed by atoms with Crippen molar-refractivity contribution in [3.05, 3.63) is 41.3 Å². The summed E-state index contributed by atoms with van der Waals surface area (Å²) in [5, 5.41) is 1.39. The molecule has 0 spiro atoms. The van der Waals surface area contributed by atoms with E-state index in [4.69, 9.17) is 0 Å². The Kier molecular flexibility index (Phi) is 2.34. The lowest BCUT2D eigenvalue weighted by atomic mass is 9.98. The molecule has 2 aromatic rings. The van der Waals surface area contributed by atoms with E-state index in [-0.39, 0.29) is 0 Å². The minimum atomic E-state index is 1.27. The summed E-state index contributed by atoms with van der Waals surface area (Å²) in [4.78, 5) is 1.48. The van der Waals surface area contributed by atoms with Crippen LogP contribution in [-0.4, -0.2) is 0 Å². The van der Waals surface area contributed by atoms with Crippen molar-refractivity contribution in [2.24, 2.45) is 0 Å². The van der Waals surface area contributed by atoms with E-state index in [2.05, 4.69) is 36.4 Å².